The lowest BCUT2D eigenvalue weighted by atomic mass is 9.87. The topological polar surface area (TPSA) is 29.5 Å². The summed E-state index contributed by atoms with van der Waals surface area (Å²) in [5.41, 5.74) is 1.48. The summed E-state index contributed by atoms with van der Waals surface area (Å²) < 4.78 is 44.9. The average molecular weight is 363 g/mol. The Morgan fingerprint density at radius 1 is 1.12 bits per heavy atom. The number of piperidine rings is 1. The minimum atomic E-state index is -2.44. The second kappa shape index (κ2) is 8.25. The number of benzene rings is 2. The molecular formula is C20H20F3NO2. The van der Waals surface area contributed by atoms with E-state index in [4.69, 9.17) is 4.74 Å². The Morgan fingerprint density at radius 3 is 2.46 bits per heavy atom. The van der Waals surface area contributed by atoms with Crippen LogP contribution in [-0.4, -0.2) is 24.0 Å². The number of hydrogen-bond acceptors (Lipinski definition) is 2. The number of hydrogen-bond donors (Lipinski definition) is 0. The Balaban J connectivity index is 1.74. The van der Waals surface area contributed by atoms with E-state index < -0.39 is 30.3 Å². The van der Waals surface area contributed by atoms with Gasteiger partial charge in [0.05, 0.1) is 6.04 Å². The summed E-state index contributed by atoms with van der Waals surface area (Å²) in [5, 5.41) is 0. The lowest BCUT2D eigenvalue weighted by Gasteiger charge is -2.38. The highest BCUT2D eigenvalue weighted by atomic mass is 19.3. The molecule has 1 heterocycles. The van der Waals surface area contributed by atoms with Gasteiger partial charge >= 0.3 is 6.09 Å². The van der Waals surface area contributed by atoms with Crippen molar-refractivity contribution in [1.82, 2.24) is 4.90 Å². The van der Waals surface area contributed by atoms with Crippen LogP contribution in [-0.2, 0) is 11.3 Å². The van der Waals surface area contributed by atoms with Crippen molar-refractivity contribution >= 4 is 6.09 Å². The van der Waals surface area contributed by atoms with E-state index in [0.717, 1.165) is 5.56 Å². The fraction of sp³-hybridized carbons (Fsp3) is 0.350. The smallest absolute Gasteiger partial charge is 0.410 e. The van der Waals surface area contributed by atoms with Crippen LogP contribution in [0.1, 0.15) is 30.0 Å². The molecule has 0 spiro atoms. The van der Waals surface area contributed by atoms with Crippen molar-refractivity contribution in [2.75, 3.05) is 6.54 Å². The molecule has 2 unspecified atom stereocenters. The quantitative estimate of drug-likeness (QED) is 0.749. The van der Waals surface area contributed by atoms with Gasteiger partial charge < -0.3 is 9.64 Å². The van der Waals surface area contributed by atoms with Crippen molar-refractivity contribution in [3.05, 3.63) is 71.5 Å². The predicted molar refractivity (Wildman–Crippen MR) is 91.2 cm³/mol. The zero-order valence-electron chi connectivity index (χ0n) is 14.2. The minimum absolute atomic E-state index is 0.116. The first kappa shape index (κ1) is 18.3. The molecule has 0 saturated carbocycles. The summed E-state index contributed by atoms with van der Waals surface area (Å²) in [6.45, 7) is 0.301. The largest absolute Gasteiger partial charge is 0.445 e. The maximum atomic E-state index is 13.2. The van der Waals surface area contributed by atoms with Crippen LogP contribution in [0, 0.1) is 11.7 Å². The van der Waals surface area contributed by atoms with Crippen molar-refractivity contribution in [2.24, 2.45) is 5.92 Å². The van der Waals surface area contributed by atoms with Crippen molar-refractivity contribution in [1.29, 1.82) is 0 Å². The molecule has 1 saturated heterocycles. The molecule has 0 aromatic heterocycles. The molecule has 6 heteroatoms. The fourth-order valence-corrected chi connectivity index (χ4v) is 3.24. The molecule has 0 radical (unpaired) electrons. The molecule has 2 aromatic carbocycles. The van der Waals surface area contributed by atoms with Crippen molar-refractivity contribution in [3.63, 3.8) is 0 Å². The molecule has 0 N–H and O–H groups in total. The van der Waals surface area contributed by atoms with Crippen LogP contribution < -0.4 is 0 Å². The lowest BCUT2D eigenvalue weighted by molar-refractivity contribution is 0.00486. The summed E-state index contributed by atoms with van der Waals surface area (Å²) in [6.07, 6.45) is -2.64. The van der Waals surface area contributed by atoms with Crippen LogP contribution in [0.5, 0.6) is 0 Å². The first-order valence-corrected chi connectivity index (χ1v) is 8.55. The number of carbonyl (C=O) groups excluding carboxylic acids is 1. The summed E-state index contributed by atoms with van der Waals surface area (Å²) in [6, 6.07) is 14.3. The number of ether oxygens (including phenoxy) is 1. The van der Waals surface area contributed by atoms with Gasteiger partial charge in [0, 0.05) is 12.5 Å². The van der Waals surface area contributed by atoms with E-state index in [1.165, 1.54) is 29.2 Å². The second-order valence-corrected chi connectivity index (χ2v) is 6.42. The minimum Gasteiger partial charge on any atom is -0.445 e. The average Bonchev–Trinajstić information content (AvgIpc) is 2.67. The van der Waals surface area contributed by atoms with E-state index in [0.29, 0.717) is 5.56 Å². The Kier molecular flexibility index (Phi) is 5.81. The van der Waals surface area contributed by atoms with Gasteiger partial charge in [0.15, 0.2) is 0 Å². The number of rotatable bonds is 4. The van der Waals surface area contributed by atoms with Gasteiger partial charge in [-0.25, -0.2) is 18.0 Å². The molecule has 2 atom stereocenters. The fourth-order valence-electron chi connectivity index (χ4n) is 3.24. The Labute approximate surface area is 150 Å². The summed E-state index contributed by atoms with van der Waals surface area (Å²) >= 11 is 0. The van der Waals surface area contributed by atoms with Crippen LogP contribution in [0.25, 0.3) is 0 Å². The van der Waals surface area contributed by atoms with Crippen LogP contribution in [0.3, 0.4) is 0 Å². The van der Waals surface area contributed by atoms with E-state index in [1.54, 1.807) is 0 Å². The van der Waals surface area contributed by atoms with Crippen LogP contribution in [0.2, 0.25) is 0 Å². The highest BCUT2D eigenvalue weighted by Gasteiger charge is 2.37. The van der Waals surface area contributed by atoms with Crippen LogP contribution in [0.4, 0.5) is 18.0 Å². The molecule has 138 valence electrons. The summed E-state index contributed by atoms with van der Waals surface area (Å²) in [5.74, 6) is -1.20. The van der Waals surface area contributed by atoms with E-state index in [2.05, 4.69) is 0 Å². The Morgan fingerprint density at radius 2 is 1.81 bits per heavy atom. The van der Waals surface area contributed by atoms with E-state index in [-0.39, 0.29) is 26.0 Å². The monoisotopic (exact) mass is 363 g/mol. The molecule has 1 aliphatic heterocycles. The van der Waals surface area contributed by atoms with Gasteiger partial charge in [0.2, 0.25) is 6.43 Å². The van der Waals surface area contributed by atoms with Gasteiger partial charge in [-0.05, 0) is 36.1 Å². The van der Waals surface area contributed by atoms with Crippen molar-refractivity contribution in [2.45, 2.75) is 31.9 Å². The molecule has 1 amide bonds. The standard InChI is InChI=1S/C20H20F3NO2/c21-17-8-6-15(7-9-17)18-12-16(19(22)23)10-11-24(18)20(25)26-13-14-4-2-1-3-5-14/h1-9,16,18-19H,10-13H2. The zero-order chi connectivity index (χ0) is 18.5. The van der Waals surface area contributed by atoms with Crippen molar-refractivity contribution < 1.29 is 22.7 Å². The second-order valence-electron chi connectivity index (χ2n) is 6.42. The first-order chi connectivity index (χ1) is 12.5. The van der Waals surface area contributed by atoms with Crippen molar-refractivity contribution in [3.8, 4) is 0 Å². The van der Waals surface area contributed by atoms with E-state index in [1.807, 2.05) is 30.3 Å². The van der Waals surface area contributed by atoms with Gasteiger partial charge in [-0.15, -0.1) is 0 Å². The number of amides is 1. The SMILES string of the molecule is O=C(OCc1ccccc1)N1CCC(C(F)F)CC1c1ccc(F)cc1. The molecule has 2 aromatic rings. The van der Waals surface area contributed by atoms with E-state index in [9.17, 15) is 18.0 Å². The van der Waals surface area contributed by atoms with Gasteiger partial charge in [-0.2, -0.15) is 0 Å². The molecule has 0 bridgehead atoms. The molecule has 0 aliphatic carbocycles. The lowest BCUT2D eigenvalue weighted by Crippen LogP contribution is -2.42. The number of halogens is 3. The summed E-state index contributed by atoms with van der Waals surface area (Å²) in [7, 11) is 0. The maximum absolute atomic E-state index is 13.2. The normalized spacial score (nSPS) is 20.2. The van der Waals surface area contributed by atoms with Gasteiger partial charge in [0.25, 0.3) is 0 Å². The third-order valence-electron chi connectivity index (χ3n) is 4.69. The number of carbonyl (C=O) groups is 1. The molecule has 1 fully saturated rings. The van der Waals surface area contributed by atoms with E-state index >= 15 is 0 Å². The molecular weight excluding hydrogens is 343 g/mol. The third-order valence-corrected chi connectivity index (χ3v) is 4.69. The first-order valence-electron chi connectivity index (χ1n) is 8.55. The predicted octanol–water partition coefficient (Wildman–Crippen LogP) is 5.18. The van der Waals surface area contributed by atoms with Gasteiger partial charge in [-0.3, -0.25) is 0 Å². The van der Waals surface area contributed by atoms with Crippen LogP contribution >= 0.6 is 0 Å². The highest BCUT2D eigenvalue weighted by molar-refractivity contribution is 5.68. The number of nitrogens with zero attached hydrogens (tertiary/aromatic N) is 1. The summed E-state index contributed by atoms with van der Waals surface area (Å²) in [4.78, 5) is 14.0. The molecule has 1 aliphatic rings. The highest BCUT2D eigenvalue weighted by Crippen LogP contribution is 2.37. The molecule has 26 heavy (non-hydrogen) atoms. The third kappa shape index (κ3) is 4.36. The van der Waals surface area contributed by atoms with Gasteiger partial charge in [-0.1, -0.05) is 42.5 Å². The molecule has 3 nitrogen and oxygen atoms in total. The number of likely N-dealkylation sites (tertiary alicyclic amines) is 1. The Hall–Kier alpha value is -2.50. The molecule has 3 rings (SSSR count). The van der Waals surface area contributed by atoms with Crippen LogP contribution in [0.15, 0.2) is 54.6 Å². The zero-order valence-corrected chi connectivity index (χ0v) is 14.2. The Bertz CT molecular complexity index is 722. The maximum Gasteiger partial charge on any atom is 0.410 e. The van der Waals surface area contributed by atoms with Gasteiger partial charge in [0.1, 0.15) is 12.4 Å². The number of alkyl halides is 2.